The summed E-state index contributed by atoms with van der Waals surface area (Å²) in [7, 11) is 3.31. The maximum absolute atomic E-state index is 12.1. The van der Waals surface area contributed by atoms with Gasteiger partial charge in [0.15, 0.2) is 17.5 Å². The first-order chi connectivity index (χ1) is 14.7. The molecule has 0 aromatic heterocycles. The molecule has 0 spiro atoms. The summed E-state index contributed by atoms with van der Waals surface area (Å²) in [5, 5.41) is 6.70. The van der Waals surface area contributed by atoms with Crippen LogP contribution >= 0.6 is 24.0 Å². The van der Waals surface area contributed by atoms with Crippen LogP contribution in [0.5, 0.6) is 11.5 Å². The normalized spacial score (nSPS) is 14.5. The third-order valence-electron chi connectivity index (χ3n) is 5.25. The van der Waals surface area contributed by atoms with E-state index in [4.69, 9.17) is 9.47 Å². The molecule has 7 nitrogen and oxygen atoms in total. The van der Waals surface area contributed by atoms with Crippen molar-refractivity contribution in [2.45, 2.75) is 51.9 Å². The van der Waals surface area contributed by atoms with E-state index >= 15 is 0 Å². The van der Waals surface area contributed by atoms with E-state index in [9.17, 15) is 4.79 Å². The molecule has 1 amide bonds. The zero-order valence-electron chi connectivity index (χ0n) is 19.2. The number of likely N-dealkylation sites (tertiary alicyclic amines) is 1. The summed E-state index contributed by atoms with van der Waals surface area (Å²) in [5.41, 5.74) is 1.22. The second-order valence-electron chi connectivity index (χ2n) is 7.53. The number of halogens is 1. The van der Waals surface area contributed by atoms with Gasteiger partial charge in [0.2, 0.25) is 5.91 Å². The molecule has 176 valence electrons. The zero-order valence-corrected chi connectivity index (χ0v) is 21.6. The van der Waals surface area contributed by atoms with E-state index in [-0.39, 0.29) is 24.0 Å². The highest BCUT2D eigenvalue weighted by Crippen LogP contribution is 2.27. The number of methoxy groups -OCH3 is 2. The van der Waals surface area contributed by atoms with Crippen LogP contribution in [0.25, 0.3) is 0 Å². The molecule has 1 heterocycles. The summed E-state index contributed by atoms with van der Waals surface area (Å²) in [6.07, 6.45) is 6.86. The number of guanidine groups is 1. The van der Waals surface area contributed by atoms with Gasteiger partial charge in [-0.05, 0) is 56.7 Å². The van der Waals surface area contributed by atoms with Crippen LogP contribution < -0.4 is 20.1 Å². The molecule has 1 aromatic rings. The predicted molar refractivity (Wildman–Crippen MR) is 137 cm³/mol. The molecule has 1 aliphatic heterocycles. The van der Waals surface area contributed by atoms with Gasteiger partial charge in [-0.1, -0.05) is 12.5 Å². The minimum absolute atomic E-state index is 0. The fourth-order valence-electron chi connectivity index (χ4n) is 3.60. The highest BCUT2D eigenvalue weighted by molar-refractivity contribution is 14.0. The third-order valence-corrected chi connectivity index (χ3v) is 5.25. The summed E-state index contributed by atoms with van der Waals surface area (Å²) < 4.78 is 10.7. The number of nitrogens with zero attached hydrogens (tertiary/aromatic N) is 2. The van der Waals surface area contributed by atoms with Gasteiger partial charge in [-0.15, -0.1) is 24.0 Å². The summed E-state index contributed by atoms with van der Waals surface area (Å²) in [6.45, 7) is 6.15. The molecule has 1 aromatic carbocycles. The molecule has 0 atom stereocenters. The highest BCUT2D eigenvalue weighted by atomic mass is 127. The van der Waals surface area contributed by atoms with Crippen LogP contribution in [-0.2, 0) is 11.2 Å². The third kappa shape index (κ3) is 9.97. The maximum Gasteiger partial charge on any atom is 0.222 e. The lowest BCUT2D eigenvalue weighted by molar-refractivity contribution is -0.130. The predicted octanol–water partition coefficient (Wildman–Crippen LogP) is 3.60. The molecule has 0 unspecified atom stereocenters. The Labute approximate surface area is 204 Å². The molecule has 2 rings (SSSR count). The molecule has 1 saturated heterocycles. The Morgan fingerprint density at radius 1 is 1.10 bits per heavy atom. The molecule has 1 aliphatic rings. The molecule has 0 saturated carbocycles. The van der Waals surface area contributed by atoms with E-state index in [0.29, 0.717) is 12.3 Å². The maximum atomic E-state index is 12.1. The van der Waals surface area contributed by atoms with Crippen LogP contribution in [0, 0.1) is 0 Å². The monoisotopic (exact) mass is 546 g/mol. The van der Waals surface area contributed by atoms with Crippen molar-refractivity contribution in [1.29, 1.82) is 0 Å². The lowest BCUT2D eigenvalue weighted by Gasteiger charge is -2.20. The van der Waals surface area contributed by atoms with Crippen molar-refractivity contribution in [3.8, 4) is 11.5 Å². The molecule has 1 fully saturated rings. The lowest BCUT2D eigenvalue weighted by Crippen LogP contribution is -2.38. The number of aryl methyl sites for hydroxylation is 1. The first kappa shape index (κ1) is 27.3. The Morgan fingerprint density at radius 3 is 2.65 bits per heavy atom. The van der Waals surface area contributed by atoms with Crippen molar-refractivity contribution < 1.29 is 14.3 Å². The van der Waals surface area contributed by atoms with Crippen LogP contribution in [0.4, 0.5) is 0 Å². The lowest BCUT2D eigenvalue weighted by atomic mass is 10.1. The number of carbonyl (C=O) groups excluding carboxylic acids is 1. The average Bonchev–Trinajstić information content (AvgIpc) is 2.97. The number of rotatable bonds is 11. The summed E-state index contributed by atoms with van der Waals surface area (Å²) in [4.78, 5) is 18.7. The first-order valence-electron chi connectivity index (χ1n) is 11.2. The number of amides is 1. The summed E-state index contributed by atoms with van der Waals surface area (Å²) in [5.74, 6) is 2.66. The van der Waals surface area contributed by atoms with Crippen LogP contribution in [0.2, 0.25) is 0 Å². The number of carbonyl (C=O) groups is 1. The van der Waals surface area contributed by atoms with Crippen molar-refractivity contribution in [1.82, 2.24) is 15.5 Å². The SMILES string of the molecule is CCNC(=NCCCN1CCCCCC1=O)NCCCc1ccc(OC)c(OC)c1.I. The average molecular weight is 546 g/mol. The second-order valence-corrected chi connectivity index (χ2v) is 7.53. The molecule has 0 radical (unpaired) electrons. The largest absolute Gasteiger partial charge is 0.493 e. The number of hydrogen-bond acceptors (Lipinski definition) is 4. The van der Waals surface area contributed by atoms with Gasteiger partial charge in [-0.3, -0.25) is 9.79 Å². The van der Waals surface area contributed by atoms with Gasteiger partial charge in [-0.2, -0.15) is 0 Å². The van der Waals surface area contributed by atoms with Gasteiger partial charge in [0, 0.05) is 39.1 Å². The van der Waals surface area contributed by atoms with E-state index in [1.54, 1.807) is 14.2 Å². The quantitative estimate of drug-likeness (QED) is 0.192. The van der Waals surface area contributed by atoms with E-state index in [0.717, 1.165) is 88.7 Å². The molecule has 31 heavy (non-hydrogen) atoms. The van der Waals surface area contributed by atoms with Crippen molar-refractivity contribution in [3.05, 3.63) is 23.8 Å². The first-order valence-corrected chi connectivity index (χ1v) is 11.2. The van der Waals surface area contributed by atoms with E-state index in [1.165, 1.54) is 5.56 Å². The number of nitrogens with one attached hydrogen (secondary N) is 2. The fourth-order valence-corrected chi connectivity index (χ4v) is 3.60. The van der Waals surface area contributed by atoms with Crippen molar-refractivity contribution in [3.63, 3.8) is 0 Å². The van der Waals surface area contributed by atoms with Crippen molar-refractivity contribution in [2.24, 2.45) is 4.99 Å². The number of aliphatic imine (C=N–C) groups is 1. The molecule has 8 heteroatoms. The zero-order chi connectivity index (χ0) is 21.6. The number of ether oxygens (including phenoxy) is 2. The van der Waals surface area contributed by atoms with Crippen LogP contribution in [0.15, 0.2) is 23.2 Å². The standard InChI is InChI=1S/C23H38N4O3.HI/c1-4-24-23(26-15-9-17-27-16-7-5-6-11-22(27)28)25-14-8-10-19-12-13-20(29-2)21(18-19)30-3;/h12-13,18H,4-11,14-17H2,1-3H3,(H2,24,25,26);1H. The van der Waals surface area contributed by atoms with Gasteiger partial charge in [0.1, 0.15) is 0 Å². The number of benzene rings is 1. The van der Waals surface area contributed by atoms with Gasteiger partial charge < -0.3 is 25.0 Å². The molecule has 2 N–H and O–H groups in total. The van der Waals surface area contributed by atoms with Gasteiger partial charge in [-0.25, -0.2) is 0 Å². The Hall–Kier alpha value is -1.71. The molecular formula is C23H39IN4O3. The number of hydrogen-bond donors (Lipinski definition) is 2. The summed E-state index contributed by atoms with van der Waals surface area (Å²) in [6, 6.07) is 6.05. The second kappa shape index (κ2) is 16.0. The highest BCUT2D eigenvalue weighted by Gasteiger charge is 2.15. The smallest absolute Gasteiger partial charge is 0.222 e. The van der Waals surface area contributed by atoms with E-state index < -0.39 is 0 Å². The Bertz CT molecular complexity index is 685. The Balaban J connectivity index is 0.00000480. The van der Waals surface area contributed by atoms with Crippen LogP contribution in [-0.4, -0.2) is 63.7 Å². The van der Waals surface area contributed by atoms with Gasteiger partial charge in [0.25, 0.3) is 0 Å². The fraction of sp³-hybridized carbons (Fsp3) is 0.652. The van der Waals surface area contributed by atoms with Crippen LogP contribution in [0.1, 0.15) is 51.0 Å². The minimum atomic E-state index is 0. The van der Waals surface area contributed by atoms with Crippen LogP contribution in [0.3, 0.4) is 0 Å². The Morgan fingerprint density at radius 2 is 1.90 bits per heavy atom. The van der Waals surface area contributed by atoms with Crippen molar-refractivity contribution in [2.75, 3.05) is 46.9 Å². The van der Waals surface area contributed by atoms with E-state index in [1.807, 2.05) is 17.0 Å². The van der Waals surface area contributed by atoms with E-state index in [2.05, 4.69) is 28.6 Å². The molecule has 0 aliphatic carbocycles. The van der Waals surface area contributed by atoms with Gasteiger partial charge in [0.05, 0.1) is 14.2 Å². The van der Waals surface area contributed by atoms with Gasteiger partial charge >= 0.3 is 0 Å². The van der Waals surface area contributed by atoms with Crippen molar-refractivity contribution >= 4 is 35.8 Å². The molecule has 0 bridgehead atoms. The topological polar surface area (TPSA) is 75.2 Å². The summed E-state index contributed by atoms with van der Waals surface area (Å²) >= 11 is 0. The Kier molecular flexibility index (Phi) is 14.1. The molecular weight excluding hydrogens is 507 g/mol. The minimum Gasteiger partial charge on any atom is -0.493 e.